The van der Waals surface area contributed by atoms with Crippen LogP contribution in [0.15, 0.2) is 66.9 Å². The predicted molar refractivity (Wildman–Crippen MR) is 104 cm³/mol. The summed E-state index contributed by atoms with van der Waals surface area (Å²) in [6.07, 6.45) is 2.49. The fourth-order valence-electron chi connectivity index (χ4n) is 2.74. The number of hydrogen-bond acceptors (Lipinski definition) is 3. The summed E-state index contributed by atoms with van der Waals surface area (Å²) in [5, 5.41) is 5.97. The number of rotatable bonds is 5. The second-order valence-corrected chi connectivity index (χ2v) is 6.63. The molecule has 2 heterocycles. The van der Waals surface area contributed by atoms with E-state index < -0.39 is 0 Å². The van der Waals surface area contributed by atoms with E-state index in [-0.39, 0.29) is 0 Å². The van der Waals surface area contributed by atoms with Crippen molar-refractivity contribution in [3.8, 4) is 17.1 Å². The Morgan fingerprint density at radius 2 is 1.85 bits per heavy atom. The first kappa shape index (κ1) is 16.9. The molecular formula is C20H15Cl2N3O. The molecule has 0 saturated carbocycles. The van der Waals surface area contributed by atoms with Gasteiger partial charge in [-0.3, -0.25) is 0 Å². The van der Waals surface area contributed by atoms with Gasteiger partial charge in [0.15, 0.2) is 5.65 Å². The first-order valence-electron chi connectivity index (χ1n) is 8.18. The summed E-state index contributed by atoms with van der Waals surface area (Å²) in [6, 6.07) is 19.1. The van der Waals surface area contributed by atoms with Gasteiger partial charge in [0.1, 0.15) is 0 Å². The largest absolute Gasteiger partial charge is 0.476 e. The molecule has 4 aromatic rings. The minimum absolute atomic E-state index is 0.490. The van der Waals surface area contributed by atoms with Gasteiger partial charge in [-0.15, -0.1) is 5.10 Å². The summed E-state index contributed by atoms with van der Waals surface area (Å²) in [7, 11) is 0. The third kappa shape index (κ3) is 3.52. The number of imidazole rings is 1. The van der Waals surface area contributed by atoms with E-state index in [9.17, 15) is 0 Å². The molecule has 0 fully saturated rings. The van der Waals surface area contributed by atoms with Gasteiger partial charge in [-0.25, -0.2) is 9.50 Å². The number of hydrogen-bond donors (Lipinski definition) is 0. The third-order valence-electron chi connectivity index (χ3n) is 4.04. The van der Waals surface area contributed by atoms with E-state index in [4.69, 9.17) is 27.9 Å². The molecule has 0 spiro atoms. The number of benzene rings is 2. The summed E-state index contributed by atoms with van der Waals surface area (Å²) >= 11 is 12.3. The Bertz CT molecular complexity index is 1060. The summed E-state index contributed by atoms with van der Waals surface area (Å²) in [5.41, 5.74) is 3.61. The van der Waals surface area contributed by atoms with E-state index in [1.807, 2.05) is 60.7 Å². The maximum atomic E-state index is 6.18. The third-order valence-corrected chi connectivity index (χ3v) is 4.64. The van der Waals surface area contributed by atoms with Crippen molar-refractivity contribution in [3.63, 3.8) is 0 Å². The Balaban J connectivity index is 1.55. The maximum Gasteiger partial charge on any atom is 0.231 e. The molecule has 2 aromatic heterocycles. The van der Waals surface area contributed by atoms with E-state index in [0.29, 0.717) is 23.9 Å². The van der Waals surface area contributed by atoms with E-state index in [0.717, 1.165) is 27.5 Å². The van der Waals surface area contributed by atoms with Gasteiger partial charge in [-0.1, -0.05) is 53.5 Å². The molecule has 4 rings (SSSR count). The molecular weight excluding hydrogens is 369 g/mol. The standard InChI is InChI=1S/C20H15Cl2N3O/c21-16-6-3-5-15(12-16)18-13-23-19-8-9-20(24-25(18)19)26-11-10-14-4-1-2-7-17(14)22/h1-9,12-13H,10-11H2. The highest BCUT2D eigenvalue weighted by atomic mass is 35.5. The van der Waals surface area contributed by atoms with E-state index in [2.05, 4.69) is 10.1 Å². The molecule has 0 atom stereocenters. The summed E-state index contributed by atoms with van der Waals surface area (Å²) in [5.74, 6) is 0.533. The molecule has 0 saturated heterocycles. The molecule has 6 heteroatoms. The zero-order chi connectivity index (χ0) is 17.9. The molecule has 0 N–H and O–H groups in total. The monoisotopic (exact) mass is 383 g/mol. The molecule has 0 aliphatic heterocycles. The van der Waals surface area contributed by atoms with Crippen LogP contribution in [-0.2, 0) is 6.42 Å². The van der Waals surface area contributed by atoms with Crippen molar-refractivity contribution in [2.24, 2.45) is 0 Å². The molecule has 4 nitrogen and oxygen atoms in total. The smallest absolute Gasteiger partial charge is 0.231 e. The van der Waals surface area contributed by atoms with Crippen molar-refractivity contribution in [2.75, 3.05) is 6.61 Å². The van der Waals surface area contributed by atoms with Crippen molar-refractivity contribution in [1.29, 1.82) is 0 Å². The van der Waals surface area contributed by atoms with Crippen LogP contribution in [0.5, 0.6) is 5.88 Å². The van der Waals surface area contributed by atoms with Crippen molar-refractivity contribution in [3.05, 3.63) is 82.5 Å². The summed E-state index contributed by atoms with van der Waals surface area (Å²) in [4.78, 5) is 4.39. The summed E-state index contributed by atoms with van der Waals surface area (Å²) < 4.78 is 7.57. The Morgan fingerprint density at radius 1 is 0.962 bits per heavy atom. The molecule has 26 heavy (non-hydrogen) atoms. The quantitative estimate of drug-likeness (QED) is 0.467. The van der Waals surface area contributed by atoms with Crippen LogP contribution in [0.2, 0.25) is 10.0 Å². The van der Waals surface area contributed by atoms with Gasteiger partial charge in [-0.2, -0.15) is 0 Å². The fraction of sp³-hybridized carbons (Fsp3) is 0.100. The van der Waals surface area contributed by atoms with Crippen molar-refractivity contribution < 1.29 is 4.74 Å². The predicted octanol–water partition coefficient (Wildman–Crippen LogP) is 5.32. The van der Waals surface area contributed by atoms with E-state index in [1.54, 1.807) is 10.7 Å². The highest BCUT2D eigenvalue weighted by molar-refractivity contribution is 6.31. The highest BCUT2D eigenvalue weighted by Crippen LogP contribution is 2.24. The molecule has 0 unspecified atom stereocenters. The Morgan fingerprint density at radius 3 is 2.69 bits per heavy atom. The molecule has 0 aliphatic carbocycles. The SMILES string of the molecule is Clc1cccc(-c2cnc3ccc(OCCc4ccccc4Cl)nn23)c1. The minimum Gasteiger partial charge on any atom is -0.476 e. The summed E-state index contributed by atoms with van der Waals surface area (Å²) in [6.45, 7) is 0.490. The van der Waals surface area contributed by atoms with Crippen LogP contribution in [0.3, 0.4) is 0 Å². The zero-order valence-corrected chi connectivity index (χ0v) is 15.3. The first-order valence-corrected chi connectivity index (χ1v) is 8.93. The average molecular weight is 384 g/mol. The Hall–Kier alpha value is -2.56. The lowest BCUT2D eigenvalue weighted by atomic mass is 10.2. The number of nitrogens with zero attached hydrogens (tertiary/aromatic N) is 3. The van der Waals surface area contributed by atoms with Crippen LogP contribution in [0.1, 0.15) is 5.56 Å². The number of fused-ring (bicyclic) bond motifs is 1. The first-order chi connectivity index (χ1) is 12.7. The number of aromatic nitrogens is 3. The Labute approximate surface area is 161 Å². The molecule has 0 radical (unpaired) electrons. The fourth-order valence-corrected chi connectivity index (χ4v) is 3.17. The van der Waals surface area contributed by atoms with Gasteiger partial charge in [-0.05, 0) is 29.8 Å². The molecule has 0 amide bonds. The Kier molecular flexibility index (Phi) is 4.78. The molecule has 0 bridgehead atoms. The lowest BCUT2D eigenvalue weighted by Crippen LogP contribution is -2.05. The maximum absolute atomic E-state index is 6.18. The van der Waals surface area contributed by atoms with Crippen LogP contribution in [0, 0.1) is 0 Å². The lowest BCUT2D eigenvalue weighted by molar-refractivity contribution is 0.305. The molecule has 0 aliphatic rings. The topological polar surface area (TPSA) is 39.4 Å². The highest BCUT2D eigenvalue weighted by Gasteiger charge is 2.09. The second-order valence-electron chi connectivity index (χ2n) is 5.79. The van der Waals surface area contributed by atoms with Crippen molar-refractivity contribution in [2.45, 2.75) is 6.42 Å². The van der Waals surface area contributed by atoms with Gasteiger partial charge < -0.3 is 4.74 Å². The number of ether oxygens (including phenoxy) is 1. The van der Waals surface area contributed by atoms with E-state index >= 15 is 0 Å². The van der Waals surface area contributed by atoms with Gasteiger partial charge in [0, 0.05) is 28.1 Å². The van der Waals surface area contributed by atoms with Crippen molar-refractivity contribution >= 4 is 28.8 Å². The van der Waals surface area contributed by atoms with E-state index in [1.165, 1.54) is 0 Å². The second kappa shape index (κ2) is 7.36. The lowest BCUT2D eigenvalue weighted by Gasteiger charge is -2.08. The minimum atomic E-state index is 0.490. The van der Waals surface area contributed by atoms with Crippen LogP contribution in [-0.4, -0.2) is 21.2 Å². The molecule has 2 aromatic carbocycles. The van der Waals surface area contributed by atoms with Crippen molar-refractivity contribution in [1.82, 2.24) is 14.6 Å². The van der Waals surface area contributed by atoms with Gasteiger partial charge >= 0.3 is 0 Å². The van der Waals surface area contributed by atoms with Crippen LogP contribution >= 0.6 is 23.2 Å². The van der Waals surface area contributed by atoms with Gasteiger partial charge in [0.25, 0.3) is 0 Å². The average Bonchev–Trinajstić information content (AvgIpc) is 3.07. The van der Waals surface area contributed by atoms with Crippen LogP contribution in [0.4, 0.5) is 0 Å². The molecule has 130 valence electrons. The van der Waals surface area contributed by atoms with Gasteiger partial charge in [0.05, 0.1) is 18.5 Å². The normalized spacial score (nSPS) is 11.0. The zero-order valence-electron chi connectivity index (χ0n) is 13.8. The van der Waals surface area contributed by atoms with Crippen LogP contribution in [0.25, 0.3) is 16.9 Å². The van der Waals surface area contributed by atoms with Gasteiger partial charge in [0.2, 0.25) is 5.88 Å². The number of halogens is 2. The van der Waals surface area contributed by atoms with Crippen LogP contribution < -0.4 is 4.74 Å².